The van der Waals surface area contributed by atoms with Crippen LogP contribution < -0.4 is 0 Å². The van der Waals surface area contributed by atoms with E-state index in [0.29, 0.717) is 42.6 Å². The number of nitrogens with zero attached hydrogens (tertiary/aromatic N) is 4. The third kappa shape index (κ3) is 3.49. The van der Waals surface area contributed by atoms with Gasteiger partial charge in [0.1, 0.15) is 11.7 Å². The summed E-state index contributed by atoms with van der Waals surface area (Å²) in [5, 5.41) is 17.2. The molecular weight excluding hydrogens is 360 g/mol. The van der Waals surface area contributed by atoms with Crippen molar-refractivity contribution in [2.45, 2.75) is 32.7 Å². The van der Waals surface area contributed by atoms with E-state index in [1.807, 2.05) is 17.0 Å². The summed E-state index contributed by atoms with van der Waals surface area (Å²) in [6.45, 7) is 3.68. The van der Waals surface area contributed by atoms with Crippen molar-refractivity contribution in [3.63, 3.8) is 0 Å². The molecule has 0 radical (unpaired) electrons. The van der Waals surface area contributed by atoms with Crippen LogP contribution in [0.15, 0.2) is 24.3 Å². The third-order valence-electron chi connectivity index (χ3n) is 5.26. The molecule has 1 aromatic carbocycles. The maximum absolute atomic E-state index is 13.0. The number of amidine groups is 2. The lowest BCUT2D eigenvalue weighted by atomic mass is 9.92. The van der Waals surface area contributed by atoms with Gasteiger partial charge in [-0.05, 0) is 42.4 Å². The molecule has 2 N–H and O–H groups in total. The van der Waals surface area contributed by atoms with Gasteiger partial charge in [-0.3, -0.25) is 15.6 Å². The molecule has 1 aromatic heterocycles. The van der Waals surface area contributed by atoms with Gasteiger partial charge in [0.05, 0.1) is 0 Å². The van der Waals surface area contributed by atoms with E-state index >= 15 is 0 Å². The normalized spacial score (nSPS) is 19.7. The fourth-order valence-corrected chi connectivity index (χ4v) is 4.40. The van der Waals surface area contributed by atoms with Crippen molar-refractivity contribution in [3.8, 4) is 0 Å². The van der Waals surface area contributed by atoms with Gasteiger partial charge in [-0.25, -0.2) is 4.98 Å². The molecule has 0 spiro atoms. The fraction of sp³-hybridized carbons (Fsp3) is 0.421. The van der Waals surface area contributed by atoms with Gasteiger partial charge in [0.25, 0.3) is 0 Å². The number of amides is 1. The Morgan fingerprint density at radius 3 is 2.74 bits per heavy atom. The lowest BCUT2D eigenvalue weighted by Crippen LogP contribution is -2.48. The van der Waals surface area contributed by atoms with Crippen LogP contribution in [-0.4, -0.2) is 49.8 Å². The van der Waals surface area contributed by atoms with Gasteiger partial charge < -0.3 is 9.80 Å². The van der Waals surface area contributed by atoms with Crippen molar-refractivity contribution in [2.24, 2.45) is 5.92 Å². The summed E-state index contributed by atoms with van der Waals surface area (Å²) in [6, 6.07) is 8.28. The molecule has 2 aromatic rings. The van der Waals surface area contributed by atoms with Crippen LogP contribution in [-0.2, 0) is 17.8 Å². The van der Waals surface area contributed by atoms with E-state index in [1.54, 1.807) is 11.8 Å². The number of piperidine rings is 1. The molecule has 1 atom stereocenters. The van der Waals surface area contributed by atoms with E-state index in [9.17, 15) is 4.79 Å². The number of carbonyl (C=O) groups excluding carboxylic acids is 1. The lowest BCUT2D eigenvalue weighted by Gasteiger charge is -2.36. The van der Waals surface area contributed by atoms with Gasteiger partial charge in [-0.1, -0.05) is 24.3 Å². The van der Waals surface area contributed by atoms with Crippen molar-refractivity contribution >= 4 is 29.1 Å². The highest BCUT2D eigenvalue weighted by molar-refractivity contribution is 7.07. The smallest absolute Gasteiger partial charge is 0.226 e. The van der Waals surface area contributed by atoms with Gasteiger partial charge in [0.2, 0.25) is 5.91 Å². The van der Waals surface area contributed by atoms with Crippen LogP contribution >= 0.6 is 11.5 Å². The van der Waals surface area contributed by atoms with E-state index in [0.717, 1.165) is 13.0 Å². The highest BCUT2D eigenvalue weighted by Gasteiger charge is 2.34. The fourth-order valence-electron chi connectivity index (χ4n) is 3.77. The number of carbonyl (C=O) groups is 1. The minimum Gasteiger partial charge on any atom is -0.338 e. The van der Waals surface area contributed by atoms with Crippen LogP contribution in [0.25, 0.3) is 0 Å². The molecule has 8 heteroatoms. The number of fused-ring (bicyclic) bond motifs is 1. The molecule has 27 heavy (non-hydrogen) atoms. The van der Waals surface area contributed by atoms with Crippen LogP contribution in [0.4, 0.5) is 0 Å². The monoisotopic (exact) mass is 382 g/mol. The molecule has 0 bridgehead atoms. The molecule has 4 rings (SSSR count). The summed E-state index contributed by atoms with van der Waals surface area (Å²) in [4.78, 5) is 20.8. The highest BCUT2D eigenvalue weighted by atomic mass is 32.1. The standard InChI is InChI=1S/C19H22N6OS/c1-12-22-18(27-23-12)17(21)25-9-7-14(10-16(25)20)19(26)24-8-6-13-4-2-3-5-15(13)11-24/h2-5,14,20-21H,6-11H2,1H3. The first-order valence-electron chi connectivity index (χ1n) is 9.12. The van der Waals surface area contributed by atoms with Crippen molar-refractivity contribution in [3.05, 3.63) is 46.2 Å². The quantitative estimate of drug-likeness (QED) is 0.616. The average Bonchev–Trinajstić information content (AvgIpc) is 3.13. The van der Waals surface area contributed by atoms with Gasteiger partial charge in [-0.2, -0.15) is 4.37 Å². The Morgan fingerprint density at radius 1 is 1.26 bits per heavy atom. The summed E-state index contributed by atoms with van der Waals surface area (Å²) >= 11 is 1.18. The van der Waals surface area contributed by atoms with Crippen LogP contribution in [0.1, 0.15) is 34.8 Å². The van der Waals surface area contributed by atoms with Crippen LogP contribution in [0.2, 0.25) is 0 Å². The Bertz CT molecular complexity index is 907. The number of benzene rings is 1. The SMILES string of the molecule is Cc1nsc(C(=N)N2CCC(C(=O)N3CCc4ccccc4C3)CC2=N)n1. The maximum atomic E-state index is 13.0. The number of nitrogens with one attached hydrogen (secondary N) is 2. The number of hydrogen-bond acceptors (Lipinski definition) is 6. The number of rotatable bonds is 2. The second kappa shape index (κ2) is 7.19. The Morgan fingerprint density at radius 2 is 2.04 bits per heavy atom. The minimum absolute atomic E-state index is 0.132. The molecule has 3 heterocycles. The molecule has 7 nitrogen and oxygen atoms in total. The first kappa shape index (κ1) is 17.8. The third-order valence-corrected chi connectivity index (χ3v) is 6.07. The highest BCUT2D eigenvalue weighted by Crippen LogP contribution is 2.26. The number of likely N-dealkylation sites (tertiary alicyclic amines) is 1. The van der Waals surface area contributed by atoms with E-state index in [1.165, 1.54) is 22.7 Å². The zero-order chi connectivity index (χ0) is 19.0. The van der Waals surface area contributed by atoms with Gasteiger partial charge in [-0.15, -0.1) is 0 Å². The Kier molecular flexibility index (Phi) is 4.73. The molecule has 2 aliphatic rings. The second-order valence-corrected chi connectivity index (χ2v) is 7.81. The van der Waals surface area contributed by atoms with Crippen LogP contribution in [0, 0.1) is 23.7 Å². The average molecular weight is 382 g/mol. The Balaban J connectivity index is 1.40. The number of aromatic nitrogens is 2. The second-order valence-electron chi connectivity index (χ2n) is 7.06. The molecule has 1 unspecified atom stereocenters. The molecule has 1 fully saturated rings. The molecule has 1 saturated heterocycles. The predicted molar refractivity (Wildman–Crippen MR) is 104 cm³/mol. The summed E-state index contributed by atoms with van der Waals surface area (Å²) in [5.41, 5.74) is 2.54. The van der Waals surface area contributed by atoms with Crippen molar-refractivity contribution in [2.75, 3.05) is 13.1 Å². The number of hydrogen-bond donors (Lipinski definition) is 2. The van der Waals surface area contributed by atoms with Crippen molar-refractivity contribution in [1.82, 2.24) is 19.2 Å². The minimum atomic E-state index is -0.178. The number of aryl methyl sites for hydroxylation is 1. The topological polar surface area (TPSA) is 97.0 Å². The van der Waals surface area contributed by atoms with Gasteiger partial charge >= 0.3 is 0 Å². The Hall–Kier alpha value is -2.61. The van der Waals surface area contributed by atoms with Crippen LogP contribution in [0.3, 0.4) is 0 Å². The summed E-state index contributed by atoms with van der Waals surface area (Å²) in [6.07, 6.45) is 1.91. The van der Waals surface area contributed by atoms with E-state index < -0.39 is 0 Å². The zero-order valence-electron chi connectivity index (χ0n) is 15.2. The van der Waals surface area contributed by atoms with Gasteiger partial charge in [0, 0.05) is 32.0 Å². The zero-order valence-corrected chi connectivity index (χ0v) is 16.1. The predicted octanol–water partition coefficient (Wildman–Crippen LogP) is 2.45. The summed E-state index contributed by atoms with van der Waals surface area (Å²) in [5.74, 6) is 1.12. The van der Waals surface area contributed by atoms with Crippen molar-refractivity contribution < 1.29 is 4.79 Å². The Labute approximate surface area is 162 Å². The first-order valence-corrected chi connectivity index (χ1v) is 9.90. The molecule has 140 valence electrons. The lowest BCUT2D eigenvalue weighted by molar-refractivity contribution is -0.136. The summed E-state index contributed by atoms with van der Waals surface area (Å²) < 4.78 is 4.11. The van der Waals surface area contributed by atoms with Crippen molar-refractivity contribution in [1.29, 1.82) is 10.8 Å². The molecule has 1 amide bonds. The van der Waals surface area contributed by atoms with Gasteiger partial charge in [0.15, 0.2) is 10.8 Å². The molecular formula is C19H22N6OS. The first-order chi connectivity index (χ1) is 13.0. The maximum Gasteiger partial charge on any atom is 0.226 e. The summed E-state index contributed by atoms with van der Waals surface area (Å²) in [7, 11) is 0. The largest absolute Gasteiger partial charge is 0.338 e. The molecule has 0 saturated carbocycles. The van der Waals surface area contributed by atoms with E-state index in [2.05, 4.69) is 21.5 Å². The van der Waals surface area contributed by atoms with Crippen LogP contribution in [0.5, 0.6) is 0 Å². The molecule has 2 aliphatic heterocycles. The van der Waals surface area contributed by atoms with E-state index in [4.69, 9.17) is 10.8 Å². The van der Waals surface area contributed by atoms with E-state index in [-0.39, 0.29) is 17.7 Å². The molecule has 0 aliphatic carbocycles.